The van der Waals surface area contributed by atoms with Crippen LogP contribution in [0.4, 0.5) is 0 Å². The zero-order valence-electron chi connectivity index (χ0n) is 14.2. The summed E-state index contributed by atoms with van der Waals surface area (Å²) < 4.78 is 0. The monoisotopic (exact) mass is 388 g/mol. The van der Waals surface area contributed by atoms with Gasteiger partial charge in [-0.15, -0.1) is 0 Å². The predicted molar refractivity (Wildman–Crippen MR) is 89.1 cm³/mol. The first-order valence-corrected chi connectivity index (χ1v) is 8.47. The van der Waals surface area contributed by atoms with Gasteiger partial charge in [0.25, 0.3) is 0 Å². The molecule has 20 heavy (non-hydrogen) atoms. The third kappa shape index (κ3) is 4.41. The van der Waals surface area contributed by atoms with E-state index in [4.69, 9.17) is 0 Å². The Balaban J connectivity index is 0.00000361. The van der Waals surface area contributed by atoms with Gasteiger partial charge in [0, 0.05) is 33.2 Å². The van der Waals surface area contributed by atoms with Crippen LogP contribution < -0.4 is 10.6 Å². The first-order valence-electron chi connectivity index (χ1n) is 7.13. The average Bonchev–Trinajstić information content (AvgIpc) is 2.26. The van der Waals surface area contributed by atoms with Crippen LogP contribution in [0.15, 0.2) is 23.9 Å². The Hall–Kier alpha value is 0.332. The molecule has 0 aliphatic heterocycles. The van der Waals surface area contributed by atoms with E-state index in [0.717, 1.165) is 6.42 Å². The van der Waals surface area contributed by atoms with Crippen LogP contribution in [0.1, 0.15) is 48.0 Å². The van der Waals surface area contributed by atoms with Gasteiger partial charge in [0.05, 0.1) is 5.28 Å². The fourth-order valence-corrected chi connectivity index (χ4v) is 8.61. The van der Waals surface area contributed by atoms with E-state index in [0.29, 0.717) is 10.3 Å². The van der Waals surface area contributed by atoms with Gasteiger partial charge in [-0.05, 0) is 29.9 Å². The van der Waals surface area contributed by atoms with Gasteiger partial charge in [-0.2, -0.15) is 0 Å². The van der Waals surface area contributed by atoms with E-state index in [1.807, 2.05) is 7.05 Å². The van der Waals surface area contributed by atoms with Crippen molar-refractivity contribution in [3.63, 3.8) is 0 Å². The number of allylic oxidation sites excluding steroid dienone is 1. The standard InChI is InChI=1S/C16H31N2P.Pd/c1-14(2,3)19(15(4,5)6)16(18-8)11-9-13(17-7)10-12-16;/h9-11,17-18H,12H2,1-8H3;. The van der Waals surface area contributed by atoms with Gasteiger partial charge in [-0.1, -0.05) is 61.6 Å². The summed E-state index contributed by atoms with van der Waals surface area (Å²) in [6, 6.07) is 0. The number of likely N-dealkylation sites (N-methyl/N-ethyl adjacent to an activating group) is 2. The quantitative estimate of drug-likeness (QED) is 0.563. The molecule has 1 aliphatic carbocycles. The van der Waals surface area contributed by atoms with Crippen LogP contribution >= 0.6 is 7.92 Å². The zero-order chi connectivity index (χ0) is 14.9. The van der Waals surface area contributed by atoms with Crippen molar-refractivity contribution in [2.75, 3.05) is 14.1 Å². The molecule has 0 amide bonds. The summed E-state index contributed by atoms with van der Waals surface area (Å²) in [4.78, 5) is 0. The van der Waals surface area contributed by atoms with Crippen molar-refractivity contribution in [2.45, 2.75) is 63.6 Å². The Kier molecular flexibility index (Phi) is 7.18. The minimum Gasteiger partial charge on any atom is -0.388 e. The Morgan fingerprint density at radius 1 is 1.05 bits per heavy atom. The summed E-state index contributed by atoms with van der Waals surface area (Å²) in [7, 11) is 3.85. The van der Waals surface area contributed by atoms with Crippen LogP contribution in [0.25, 0.3) is 0 Å². The fourth-order valence-electron chi connectivity index (χ4n) is 3.48. The van der Waals surface area contributed by atoms with Crippen LogP contribution in [-0.2, 0) is 20.4 Å². The topological polar surface area (TPSA) is 24.1 Å². The summed E-state index contributed by atoms with van der Waals surface area (Å²) in [6.45, 7) is 14.3. The van der Waals surface area contributed by atoms with E-state index in [2.05, 4.69) is 77.5 Å². The average molecular weight is 389 g/mol. The summed E-state index contributed by atoms with van der Waals surface area (Å²) in [6.07, 6.45) is 8.01. The minimum absolute atomic E-state index is 0. The van der Waals surface area contributed by atoms with Crippen LogP contribution in [0.5, 0.6) is 0 Å². The number of hydrogen-bond donors (Lipinski definition) is 2. The van der Waals surface area contributed by atoms with E-state index < -0.39 is 0 Å². The van der Waals surface area contributed by atoms with Crippen molar-refractivity contribution in [3.8, 4) is 0 Å². The van der Waals surface area contributed by atoms with Crippen molar-refractivity contribution in [1.82, 2.24) is 10.6 Å². The second-order valence-electron chi connectivity index (χ2n) is 7.30. The molecule has 0 fully saturated rings. The molecule has 0 saturated carbocycles. The van der Waals surface area contributed by atoms with Crippen LogP contribution in [0.3, 0.4) is 0 Å². The zero-order valence-corrected chi connectivity index (χ0v) is 16.7. The normalized spacial score (nSPS) is 23.4. The Morgan fingerprint density at radius 2 is 1.55 bits per heavy atom. The number of hydrogen-bond acceptors (Lipinski definition) is 2. The Labute approximate surface area is 140 Å². The van der Waals surface area contributed by atoms with Crippen LogP contribution in [0.2, 0.25) is 0 Å². The second kappa shape index (κ2) is 7.06. The van der Waals surface area contributed by atoms with E-state index >= 15 is 0 Å². The predicted octanol–water partition coefficient (Wildman–Crippen LogP) is 4.04. The second-order valence-corrected chi connectivity index (χ2v) is 11.5. The van der Waals surface area contributed by atoms with E-state index in [1.165, 1.54) is 5.70 Å². The molecular formula is C16H31N2PPd. The van der Waals surface area contributed by atoms with Gasteiger partial charge >= 0.3 is 0 Å². The third-order valence-electron chi connectivity index (χ3n) is 3.63. The smallest absolute Gasteiger partial charge is 0.0610 e. The van der Waals surface area contributed by atoms with E-state index in [1.54, 1.807) is 0 Å². The molecule has 4 heteroatoms. The number of nitrogens with one attached hydrogen (secondary N) is 2. The molecule has 2 N–H and O–H groups in total. The minimum atomic E-state index is -0.240. The Bertz CT molecular complexity index is 363. The molecule has 2 nitrogen and oxygen atoms in total. The van der Waals surface area contributed by atoms with Crippen LogP contribution in [-0.4, -0.2) is 29.7 Å². The molecule has 0 bridgehead atoms. The molecule has 0 spiro atoms. The van der Waals surface area contributed by atoms with Gasteiger partial charge in [-0.3, -0.25) is 0 Å². The first kappa shape index (κ1) is 20.3. The largest absolute Gasteiger partial charge is 0.388 e. The molecule has 1 rings (SSSR count). The number of rotatable bonds is 3. The summed E-state index contributed by atoms with van der Waals surface area (Å²) in [5.41, 5.74) is 1.23. The molecule has 0 aromatic rings. The maximum Gasteiger partial charge on any atom is 0.0610 e. The van der Waals surface area contributed by atoms with Gasteiger partial charge in [0.2, 0.25) is 0 Å². The molecule has 0 aromatic heterocycles. The SMILES string of the molecule is CNC1=CCC(NC)(P(C(C)(C)C)C(C)(C)C)C=C1.[Pd]. The van der Waals surface area contributed by atoms with Crippen molar-refractivity contribution in [3.05, 3.63) is 23.9 Å². The Morgan fingerprint density at radius 3 is 1.80 bits per heavy atom. The fraction of sp³-hybridized carbons (Fsp3) is 0.750. The third-order valence-corrected chi connectivity index (χ3v) is 7.67. The van der Waals surface area contributed by atoms with Gasteiger partial charge < -0.3 is 10.6 Å². The van der Waals surface area contributed by atoms with Crippen molar-refractivity contribution >= 4 is 7.92 Å². The van der Waals surface area contributed by atoms with Crippen molar-refractivity contribution in [1.29, 1.82) is 0 Å². The maximum atomic E-state index is 3.64. The van der Waals surface area contributed by atoms with Gasteiger partial charge in [0.15, 0.2) is 0 Å². The van der Waals surface area contributed by atoms with Crippen molar-refractivity contribution < 1.29 is 20.4 Å². The van der Waals surface area contributed by atoms with Gasteiger partial charge in [0.1, 0.15) is 0 Å². The molecule has 1 aliphatic rings. The molecular weight excluding hydrogens is 358 g/mol. The van der Waals surface area contributed by atoms with Gasteiger partial charge in [-0.25, -0.2) is 0 Å². The maximum absolute atomic E-state index is 3.64. The van der Waals surface area contributed by atoms with E-state index in [9.17, 15) is 0 Å². The first-order chi connectivity index (χ1) is 8.57. The molecule has 1 unspecified atom stereocenters. The summed E-state index contributed by atoms with van der Waals surface area (Å²) in [5, 5.41) is 7.61. The molecule has 0 radical (unpaired) electrons. The van der Waals surface area contributed by atoms with E-state index in [-0.39, 0.29) is 33.6 Å². The summed E-state index contributed by atoms with van der Waals surface area (Å²) >= 11 is 0. The molecule has 0 saturated heterocycles. The van der Waals surface area contributed by atoms with Crippen molar-refractivity contribution in [2.24, 2.45) is 0 Å². The molecule has 0 heterocycles. The molecule has 120 valence electrons. The molecule has 1 atom stereocenters. The molecule has 0 aromatic carbocycles. The summed E-state index contributed by atoms with van der Waals surface area (Å²) in [5.74, 6) is 0. The van der Waals surface area contributed by atoms with Crippen LogP contribution in [0, 0.1) is 0 Å².